The minimum Gasteiger partial charge on any atom is -0.361 e. The van der Waals surface area contributed by atoms with Gasteiger partial charge in [0.15, 0.2) is 0 Å². The number of nitrogens with one attached hydrogen (secondary N) is 2. The zero-order valence-electron chi connectivity index (χ0n) is 19.3. The lowest BCUT2D eigenvalue weighted by atomic mass is 9.83. The Morgan fingerprint density at radius 2 is 1.48 bits per heavy atom. The Kier molecular flexibility index (Phi) is 5.61. The molecule has 0 radical (unpaired) electrons. The van der Waals surface area contributed by atoms with E-state index in [-0.39, 0.29) is 0 Å². The van der Waals surface area contributed by atoms with Crippen LogP contribution >= 0.6 is 0 Å². The summed E-state index contributed by atoms with van der Waals surface area (Å²) in [5.74, 6) is 0. The van der Waals surface area contributed by atoms with Gasteiger partial charge in [-0.25, -0.2) is 0 Å². The molecule has 0 unspecified atom stereocenters. The standard InChI is InChI=1S/C26H21N.C5H11N/c1-2-8-19-17(6-1)12-15-23-20(19)14-13-18-7-5-10-22(26(18)23)24-16-27-25-11-4-3-9-21(24)25;1-2-4-6-5-3-1/h1-4,6,8-9,11,13-16,27H,5,7,10,12H2;6H,1-5H2. The Labute approximate surface area is 196 Å². The number of fused-ring (bicyclic) bond motifs is 6. The Morgan fingerprint density at radius 3 is 2.33 bits per heavy atom. The van der Waals surface area contributed by atoms with Gasteiger partial charge in [-0.2, -0.15) is 0 Å². The smallest absolute Gasteiger partial charge is 0.0460 e. The van der Waals surface area contributed by atoms with Gasteiger partial charge >= 0.3 is 0 Å². The molecule has 3 aliphatic rings. The Bertz CT molecular complexity index is 1410. The van der Waals surface area contributed by atoms with E-state index in [9.17, 15) is 0 Å². The molecule has 0 saturated carbocycles. The molecule has 2 nitrogen and oxygen atoms in total. The lowest BCUT2D eigenvalue weighted by molar-refractivity contribution is 0.520. The zero-order chi connectivity index (χ0) is 22.0. The van der Waals surface area contributed by atoms with E-state index >= 15 is 0 Å². The van der Waals surface area contributed by atoms with E-state index in [4.69, 9.17) is 0 Å². The second-order valence-corrected chi connectivity index (χ2v) is 9.52. The van der Waals surface area contributed by atoms with Crippen LogP contribution in [0.2, 0.25) is 0 Å². The van der Waals surface area contributed by atoms with Crippen molar-refractivity contribution >= 4 is 22.6 Å². The molecule has 3 aromatic carbocycles. The van der Waals surface area contributed by atoms with E-state index in [1.807, 2.05) is 0 Å². The van der Waals surface area contributed by atoms with Gasteiger partial charge in [-0.05, 0) is 95.9 Å². The highest BCUT2D eigenvalue weighted by atomic mass is 14.9. The van der Waals surface area contributed by atoms with Crippen LogP contribution in [-0.2, 0) is 12.8 Å². The molecular weight excluding hydrogens is 400 g/mol. The van der Waals surface area contributed by atoms with Crippen molar-refractivity contribution in [3.63, 3.8) is 0 Å². The quantitative estimate of drug-likeness (QED) is 0.410. The number of H-pyrrole nitrogens is 1. The molecule has 4 aromatic rings. The van der Waals surface area contributed by atoms with Crippen LogP contribution in [0.5, 0.6) is 0 Å². The molecule has 1 saturated heterocycles. The third-order valence-corrected chi connectivity index (χ3v) is 7.46. The van der Waals surface area contributed by atoms with E-state index in [1.54, 1.807) is 0 Å². The summed E-state index contributed by atoms with van der Waals surface area (Å²) < 4.78 is 0. The summed E-state index contributed by atoms with van der Waals surface area (Å²) in [5, 5.41) is 7.57. The van der Waals surface area contributed by atoms with E-state index in [2.05, 4.69) is 83.2 Å². The molecule has 2 heterocycles. The molecular formula is C31H32N2. The number of para-hydroxylation sites is 1. The molecule has 166 valence electrons. The summed E-state index contributed by atoms with van der Waals surface area (Å²) >= 11 is 0. The van der Waals surface area contributed by atoms with Gasteiger partial charge in [-0.3, -0.25) is 0 Å². The third-order valence-electron chi connectivity index (χ3n) is 7.46. The Hall–Kier alpha value is -3.10. The summed E-state index contributed by atoms with van der Waals surface area (Å²) in [4.78, 5) is 3.48. The fourth-order valence-electron chi connectivity index (χ4n) is 5.82. The molecule has 2 N–H and O–H groups in total. The molecule has 0 bridgehead atoms. The van der Waals surface area contributed by atoms with Crippen LogP contribution in [0.4, 0.5) is 0 Å². The second-order valence-electron chi connectivity index (χ2n) is 9.52. The maximum absolute atomic E-state index is 3.48. The molecule has 0 spiro atoms. The van der Waals surface area contributed by atoms with Crippen LogP contribution in [0.25, 0.3) is 33.7 Å². The van der Waals surface area contributed by atoms with Crippen molar-refractivity contribution in [2.45, 2.75) is 44.9 Å². The number of aromatic nitrogens is 1. The summed E-state index contributed by atoms with van der Waals surface area (Å²) in [5.41, 5.74) is 9.88. The number of benzene rings is 3. The fourth-order valence-corrected chi connectivity index (χ4v) is 5.82. The van der Waals surface area contributed by atoms with Gasteiger partial charge in [0.05, 0.1) is 0 Å². The van der Waals surface area contributed by atoms with Crippen molar-refractivity contribution < 1.29 is 0 Å². The van der Waals surface area contributed by atoms with Crippen molar-refractivity contribution in [1.29, 1.82) is 0 Å². The van der Waals surface area contributed by atoms with Crippen LogP contribution in [0.3, 0.4) is 0 Å². The van der Waals surface area contributed by atoms with Gasteiger partial charge in [-0.1, -0.05) is 67.1 Å². The summed E-state index contributed by atoms with van der Waals surface area (Å²) in [7, 11) is 0. The van der Waals surface area contributed by atoms with Crippen molar-refractivity contribution in [1.82, 2.24) is 10.3 Å². The lowest BCUT2D eigenvalue weighted by Crippen LogP contribution is -2.36. The molecule has 7 rings (SSSR count). The van der Waals surface area contributed by atoms with Crippen molar-refractivity contribution in [2.24, 2.45) is 0 Å². The number of hydrogen-bond acceptors (Lipinski definition) is 1. The van der Waals surface area contributed by atoms with Crippen LogP contribution < -0.4 is 15.8 Å². The first kappa shape index (κ1) is 20.5. The van der Waals surface area contributed by atoms with E-state index in [0.29, 0.717) is 0 Å². The highest BCUT2D eigenvalue weighted by Gasteiger charge is 2.19. The van der Waals surface area contributed by atoms with Gasteiger partial charge in [-0.15, -0.1) is 0 Å². The normalized spacial score (nSPS) is 16.7. The molecule has 2 aliphatic carbocycles. The summed E-state index contributed by atoms with van der Waals surface area (Å²) in [6.45, 7) is 2.50. The predicted octanol–water partition coefficient (Wildman–Crippen LogP) is 5.47. The second kappa shape index (κ2) is 9.03. The lowest BCUT2D eigenvalue weighted by Gasteiger charge is -2.21. The van der Waals surface area contributed by atoms with Crippen LogP contribution in [0, 0.1) is 0 Å². The summed E-state index contributed by atoms with van der Waals surface area (Å²) in [6, 6.07) is 22.3. The van der Waals surface area contributed by atoms with Gasteiger partial charge in [0.1, 0.15) is 0 Å². The first-order valence-electron chi connectivity index (χ1n) is 12.6. The monoisotopic (exact) mass is 432 g/mol. The number of aryl methyl sites for hydroxylation is 1. The maximum Gasteiger partial charge on any atom is 0.0460 e. The van der Waals surface area contributed by atoms with Crippen molar-refractivity contribution in [2.75, 3.05) is 13.1 Å². The number of hydrogen-bond donors (Lipinski definition) is 2. The maximum atomic E-state index is 3.48. The molecule has 0 atom stereocenters. The minimum atomic E-state index is 1.03. The molecule has 1 fully saturated rings. The summed E-state index contributed by atoms with van der Waals surface area (Å²) in [6.07, 6.45) is 13.5. The SMILES string of the molecule is C1=c2c(ccc3c2=C(c2c[nH]c4ccccc24)CCC3)-c2ccccc2C1.C1CCNCC1. The highest BCUT2D eigenvalue weighted by molar-refractivity contribution is 5.93. The first-order valence-corrected chi connectivity index (χ1v) is 12.6. The van der Waals surface area contributed by atoms with Crippen LogP contribution in [0.1, 0.15) is 48.8 Å². The highest BCUT2D eigenvalue weighted by Crippen LogP contribution is 2.30. The molecule has 2 heteroatoms. The minimum absolute atomic E-state index is 1.03. The van der Waals surface area contributed by atoms with Crippen molar-refractivity contribution in [3.8, 4) is 11.1 Å². The van der Waals surface area contributed by atoms with Crippen LogP contribution in [0.15, 0.2) is 66.9 Å². The topological polar surface area (TPSA) is 27.8 Å². The average molecular weight is 433 g/mol. The molecule has 33 heavy (non-hydrogen) atoms. The van der Waals surface area contributed by atoms with Gasteiger partial charge in [0, 0.05) is 22.7 Å². The van der Waals surface area contributed by atoms with Gasteiger partial charge in [0.25, 0.3) is 0 Å². The van der Waals surface area contributed by atoms with E-state index in [0.717, 1.165) is 12.8 Å². The van der Waals surface area contributed by atoms with E-state index in [1.165, 1.54) is 99.9 Å². The number of piperidine rings is 1. The fraction of sp³-hybridized carbons (Fsp3) is 0.290. The van der Waals surface area contributed by atoms with Gasteiger partial charge < -0.3 is 10.3 Å². The van der Waals surface area contributed by atoms with E-state index < -0.39 is 0 Å². The van der Waals surface area contributed by atoms with Crippen molar-refractivity contribution in [3.05, 3.63) is 94.0 Å². The number of rotatable bonds is 1. The molecule has 0 amide bonds. The first-order chi connectivity index (χ1) is 16.4. The third kappa shape index (κ3) is 3.83. The largest absolute Gasteiger partial charge is 0.361 e. The Balaban J connectivity index is 0.000000302. The number of aromatic amines is 1. The molecule has 1 aromatic heterocycles. The molecule has 1 aliphatic heterocycles. The average Bonchev–Trinajstić information content (AvgIpc) is 3.33. The van der Waals surface area contributed by atoms with Crippen LogP contribution in [-0.4, -0.2) is 18.1 Å². The zero-order valence-corrected chi connectivity index (χ0v) is 19.3. The van der Waals surface area contributed by atoms with Gasteiger partial charge in [0.2, 0.25) is 0 Å². The Morgan fingerprint density at radius 1 is 0.636 bits per heavy atom. The predicted molar refractivity (Wildman–Crippen MR) is 140 cm³/mol.